The molecule has 1 fully saturated rings. The lowest BCUT2D eigenvalue weighted by Crippen LogP contribution is -2.29. The summed E-state index contributed by atoms with van der Waals surface area (Å²) in [6.45, 7) is 5.35. The molecule has 1 saturated heterocycles. The molecular formula is C18H25ClN2O2. The molecule has 0 bridgehead atoms. The van der Waals surface area contributed by atoms with E-state index in [0.29, 0.717) is 5.76 Å². The molecule has 1 aliphatic rings. The van der Waals surface area contributed by atoms with Crippen LogP contribution in [0.15, 0.2) is 40.9 Å². The van der Waals surface area contributed by atoms with Crippen LogP contribution in [0.1, 0.15) is 38.1 Å². The molecule has 5 heteroatoms. The van der Waals surface area contributed by atoms with Crippen LogP contribution < -0.4 is 0 Å². The molecule has 0 spiro atoms. The van der Waals surface area contributed by atoms with Gasteiger partial charge in [-0.3, -0.25) is 0 Å². The summed E-state index contributed by atoms with van der Waals surface area (Å²) >= 11 is 0. The number of halogens is 1. The summed E-state index contributed by atoms with van der Waals surface area (Å²) in [5.74, 6) is 0.763. The number of aromatic nitrogens is 1. The predicted octanol–water partition coefficient (Wildman–Crippen LogP) is 3.92. The number of aliphatic hydroxyl groups is 1. The maximum Gasteiger partial charge on any atom is 0.166 e. The Bertz CT molecular complexity index is 582. The van der Waals surface area contributed by atoms with Gasteiger partial charge in [0.15, 0.2) is 5.76 Å². The summed E-state index contributed by atoms with van der Waals surface area (Å²) < 4.78 is 5.41. The third-order valence-electron chi connectivity index (χ3n) is 4.55. The first-order valence-corrected chi connectivity index (χ1v) is 8.20. The van der Waals surface area contributed by atoms with Gasteiger partial charge in [-0.2, -0.15) is 0 Å². The Morgan fingerprint density at radius 3 is 2.57 bits per heavy atom. The van der Waals surface area contributed by atoms with Crippen molar-refractivity contribution in [2.45, 2.75) is 32.3 Å². The summed E-state index contributed by atoms with van der Waals surface area (Å²) in [6.07, 6.45) is 2.88. The second-order valence-electron chi connectivity index (χ2n) is 6.10. The van der Waals surface area contributed by atoms with E-state index in [9.17, 15) is 5.11 Å². The zero-order valence-corrected chi connectivity index (χ0v) is 14.3. The summed E-state index contributed by atoms with van der Waals surface area (Å²) in [5.41, 5.74) is 1.79. The zero-order chi connectivity index (χ0) is 15.4. The Hall–Kier alpha value is -1.36. The van der Waals surface area contributed by atoms with E-state index >= 15 is 0 Å². The first-order chi connectivity index (χ1) is 10.8. The van der Waals surface area contributed by atoms with Crippen LogP contribution in [0.3, 0.4) is 0 Å². The maximum atomic E-state index is 10.6. The molecule has 0 aliphatic carbocycles. The average molecular weight is 337 g/mol. The molecule has 126 valence electrons. The van der Waals surface area contributed by atoms with Gasteiger partial charge in [0.25, 0.3) is 0 Å². The van der Waals surface area contributed by atoms with Crippen molar-refractivity contribution in [2.24, 2.45) is 5.92 Å². The van der Waals surface area contributed by atoms with Crippen molar-refractivity contribution >= 4 is 12.4 Å². The van der Waals surface area contributed by atoms with Crippen molar-refractivity contribution in [2.75, 3.05) is 19.6 Å². The Balaban J connectivity index is 0.00000192. The maximum absolute atomic E-state index is 10.6. The fourth-order valence-electron chi connectivity index (χ4n) is 3.16. The van der Waals surface area contributed by atoms with Gasteiger partial charge >= 0.3 is 0 Å². The highest BCUT2D eigenvalue weighted by atomic mass is 35.5. The van der Waals surface area contributed by atoms with Gasteiger partial charge in [0.1, 0.15) is 11.8 Å². The minimum Gasteiger partial charge on any atom is -0.385 e. The number of hydrogen-bond donors (Lipinski definition) is 1. The predicted molar refractivity (Wildman–Crippen MR) is 93.6 cm³/mol. The Kier molecular flexibility index (Phi) is 6.63. The number of aliphatic hydroxyl groups excluding tert-OH is 1. The molecule has 2 atom stereocenters. The number of benzene rings is 1. The van der Waals surface area contributed by atoms with Gasteiger partial charge in [-0.25, -0.2) is 0 Å². The topological polar surface area (TPSA) is 49.5 Å². The normalized spacial score (nSPS) is 17.7. The standard InChI is InChI=1S/C18H24N2O2.ClH/c1-2-14(13-20-10-6-7-11-20)18(21)17-12-16(19-22-17)15-8-4-3-5-9-15;/h3-5,8-9,12,14,18,21H,2,6-7,10-11,13H2,1H3;1H/t14-,18-;/m1./s1. The smallest absolute Gasteiger partial charge is 0.166 e. The minimum absolute atomic E-state index is 0. The van der Waals surface area contributed by atoms with Gasteiger partial charge in [0.05, 0.1) is 0 Å². The molecule has 4 nitrogen and oxygen atoms in total. The average Bonchev–Trinajstić information content (AvgIpc) is 3.24. The molecule has 1 aromatic heterocycles. The molecule has 0 unspecified atom stereocenters. The van der Waals surface area contributed by atoms with Gasteiger partial charge in [0.2, 0.25) is 0 Å². The van der Waals surface area contributed by atoms with E-state index in [1.165, 1.54) is 12.8 Å². The van der Waals surface area contributed by atoms with Crippen molar-refractivity contribution in [1.29, 1.82) is 0 Å². The highest BCUT2D eigenvalue weighted by Gasteiger charge is 2.26. The molecule has 2 aromatic rings. The molecular weight excluding hydrogens is 312 g/mol. The van der Waals surface area contributed by atoms with Crippen molar-refractivity contribution in [1.82, 2.24) is 10.1 Å². The zero-order valence-electron chi connectivity index (χ0n) is 13.5. The van der Waals surface area contributed by atoms with Crippen LogP contribution in [-0.4, -0.2) is 34.8 Å². The van der Waals surface area contributed by atoms with Crippen molar-refractivity contribution in [3.63, 3.8) is 0 Å². The first kappa shape index (κ1) is 18.0. The Morgan fingerprint density at radius 2 is 1.91 bits per heavy atom. The number of nitrogens with zero attached hydrogens (tertiary/aromatic N) is 2. The molecule has 0 amide bonds. The second-order valence-corrected chi connectivity index (χ2v) is 6.10. The third kappa shape index (κ3) is 4.34. The van der Waals surface area contributed by atoms with Crippen molar-refractivity contribution in [3.8, 4) is 11.3 Å². The van der Waals surface area contributed by atoms with Crippen LogP contribution in [0.4, 0.5) is 0 Å². The Labute approximate surface area is 143 Å². The van der Waals surface area contributed by atoms with Gasteiger partial charge in [-0.05, 0) is 32.4 Å². The van der Waals surface area contributed by atoms with E-state index in [1.54, 1.807) is 0 Å². The quantitative estimate of drug-likeness (QED) is 0.868. The van der Waals surface area contributed by atoms with Crippen LogP contribution >= 0.6 is 12.4 Å². The van der Waals surface area contributed by atoms with Gasteiger partial charge in [-0.15, -0.1) is 12.4 Å². The summed E-state index contributed by atoms with van der Waals surface area (Å²) in [5, 5.41) is 14.7. The van der Waals surface area contributed by atoms with Crippen LogP contribution in [0, 0.1) is 5.92 Å². The Morgan fingerprint density at radius 1 is 1.22 bits per heavy atom. The van der Waals surface area contributed by atoms with Gasteiger partial charge < -0.3 is 14.5 Å². The highest BCUT2D eigenvalue weighted by molar-refractivity contribution is 5.85. The third-order valence-corrected chi connectivity index (χ3v) is 4.55. The van der Waals surface area contributed by atoms with E-state index in [2.05, 4.69) is 17.0 Å². The first-order valence-electron chi connectivity index (χ1n) is 8.20. The monoisotopic (exact) mass is 336 g/mol. The largest absolute Gasteiger partial charge is 0.385 e. The van der Waals surface area contributed by atoms with Crippen molar-refractivity contribution in [3.05, 3.63) is 42.2 Å². The molecule has 1 aromatic carbocycles. The van der Waals surface area contributed by atoms with E-state index < -0.39 is 6.10 Å². The lowest BCUT2D eigenvalue weighted by Gasteiger charge is -2.25. The van der Waals surface area contributed by atoms with E-state index in [1.807, 2.05) is 36.4 Å². The SMILES string of the molecule is CC[C@H](CN1CCCC1)[C@@H](O)c1cc(-c2ccccc2)no1.Cl. The number of likely N-dealkylation sites (tertiary alicyclic amines) is 1. The van der Waals surface area contributed by atoms with Crippen LogP contribution in [0.5, 0.6) is 0 Å². The molecule has 0 radical (unpaired) electrons. The van der Waals surface area contributed by atoms with E-state index in [-0.39, 0.29) is 18.3 Å². The fraction of sp³-hybridized carbons (Fsp3) is 0.500. The molecule has 2 heterocycles. The lowest BCUT2D eigenvalue weighted by atomic mass is 9.96. The van der Waals surface area contributed by atoms with E-state index in [0.717, 1.165) is 37.3 Å². The number of hydrogen-bond acceptors (Lipinski definition) is 4. The molecule has 23 heavy (non-hydrogen) atoms. The van der Waals surface area contributed by atoms with Crippen molar-refractivity contribution < 1.29 is 9.63 Å². The minimum atomic E-state index is -0.587. The molecule has 0 saturated carbocycles. The van der Waals surface area contributed by atoms with Crippen LogP contribution in [-0.2, 0) is 0 Å². The lowest BCUT2D eigenvalue weighted by molar-refractivity contribution is 0.0587. The van der Waals surface area contributed by atoms with Crippen LogP contribution in [0.2, 0.25) is 0 Å². The number of rotatable bonds is 6. The summed E-state index contributed by atoms with van der Waals surface area (Å²) in [4.78, 5) is 2.44. The fourth-order valence-corrected chi connectivity index (χ4v) is 3.16. The van der Waals surface area contributed by atoms with Gasteiger partial charge in [0, 0.05) is 24.1 Å². The van der Waals surface area contributed by atoms with Gasteiger partial charge in [-0.1, -0.05) is 42.4 Å². The molecule has 1 N–H and O–H groups in total. The summed E-state index contributed by atoms with van der Waals surface area (Å²) in [6, 6.07) is 11.8. The van der Waals surface area contributed by atoms with E-state index in [4.69, 9.17) is 4.52 Å². The van der Waals surface area contributed by atoms with Crippen LogP contribution in [0.25, 0.3) is 11.3 Å². The molecule has 1 aliphatic heterocycles. The highest BCUT2D eigenvalue weighted by Crippen LogP contribution is 2.29. The summed E-state index contributed by atoms with van der Waals surface area (Å²) in [7, 11) is 0. The second kappa shape index (κ2) is 8.48. The molecule has 3 rings (SSSR count).